The first-order valence-corrected chi connectivity index (χ1v) is 19.9. The summed E-state index contributed by atoms with van der Waals surface area (Å²) in [4.78, 5) is 41.1. The fraction of sp³-hybridized carbons (Fsp3) is 0.375. The Bertz CT molecular complexity index is 1990. The second-order valence-electron chi connectivity index (χ2n) is 13.6. The number of aliphatic hydroxyl groups excluding tert-OH is 1. The molecule has 1 unspecified atom stereocenters. The summed E-state index contributed by atoms with van der Waals surface area (Å²) in [5.41, 5.74) is -0.160. The van der Waals surface area contributed by atoms with E-state index in [-0.39, 0.29) is 48.6 Å². The molecular weight excluding hydrogens is 729 g/mol. The largest absolute Gasteiger partial charge is 0.506 e. The predicted molar refractivity (Wildman–Crippen MR) is 209 cm³/mol. The van der Waals surface area contributed by atoms with Crippen molar-refractivity contribution in [3.05, 3.63) is 115 Å². The Morgan fingerprint density at radius 2 is 1.65 bits per heavy atom. The van der Waals surface area contributed by atoms with E-state index in [0.717, 1.165) is 18.4 Å². The maximum absolute atomic E-state index is 13.3. The average molecular weight is 775 g/mol. The number of H-pyrrole nitrogens is 1. The quantitative estimate of drug-likeness (QED) is 0.0526. The van der Waals surface area contributed by atoms with Crippen LogP contribution in [-0.2, 0) is 26.3 Å². The highest BCUT2D eigenvalue weighted by Gasteiger charge is 2.45. The van der Waals surface area contributed by atoms with Crippen LogP contribution in [0.2, 0.25) is 0 Å². The summed E-state index contributed by atoms with van der Waals surface area (Å²) >= 11 is 2.66. The lowest BCUT2D eigenvalue weighted by Gasteiger charge is -2.32. The molecule has 5 aromatic rings. The van der Waals surface area contributed by atoms with Gasteiger partial charge in [-0.15, -0.1) is 22.7 Å². The number of esters is 1. The number of amides is 1. The molecule has 286 valence electrons. The molecule has 1 amide bonds. The fourth-order valence-electron chi connectivity index (χ4n) is 6.71. The lowest BCUT2D eigenvalue weighted by atomic mass is 9.92. The van der Waals surface area contributed by atoms with Crippen molar-refractivity contribution in [3.63, 3.8) is 0 Å². The van der Waals surface area contributed by atoms with E-state index < -0.39 is 17.7 Å². The van der Waals surface area contributed by atoms with E-state index in [9.17, 15) is 29.7 Å². The minimum atomic E-state index is -1.80. The Morgan fingerprint density at radius 1 is 0.944 bits per heavy atom. The molecular formula is C40H46N4O8S2. The van der Waals surface area contributed by atoms with Crippen LogP contribution in [0.5, 0.6) is 11.5 Å². The monoisotopic (exact) mass is 774 g/mol. The molecule has 14 heteroatoms. The van der Waals surface area contributed by atoms with E-state index >= 15 is 0 Å². The molecule has 2 aromatic carbocycles. The van der Waals surface area contributed by atoms with Crippen LogP contribution in [0.3, 0.4) is 0 Å². The van der Waals surface area contributed by atoms with Gasteiger partial charge in [0.15, 0.2) is 6.61 Å². The van der Waals surface area contributed by atoms with Crippen LogP contribution in [-0.4, -0.2) is 76.6 Å². The SMILES string of the molecule is CC(Cc1ccc(OCC(=O)NCCNC2CCC(OC(=O)C(O)(c3cccs3)c3cccs3)CC2)cc1)NC[C@H](O)c1ccc(O)c2[nH]c(=O)ccc12. The minimum Gasteiger partial charge on any atom is -0.506 e. The molecule has 0 aliphatic heterocycles. The Labute approximate surface area is 321 Å². The van der Waals surface area contributed by atoms with E-state index in [0.29, 0.717) is 64.3 Å². The molecule has 1 aliphatic carbocycles. The summed E-state index contributed by atoms with van der Waals surface area (Å²) in [6.07, 6.45) is 2.61. The third kappa shape index (κ3) is 9.75. The first kappa shape index (κ1) is 39.1. The first-order valence-electron chi connectivity index (χ1n) is 18.1. The number of phenolic OH excluding ortho intramolecular Hbond substituents is 1. The smallest absolute Gasteiger partial charge is 0.349 e. The van der Waals surface area contributed by atoms with Crippen LogP contribution in [0.25, 0.3) is 10.9 Å². The molecule has 1 saturated carbocycles. The van der Waals surface area contributed by atoms with Crippen LogP contribution >= 0.6 is 22.7 Å². The minimum absolute atomic E-state index is 0.0428. The molecule has 0 spiro atoms. The van der Waals surface area contributed by atoms with Gasteiger partial charge >= 0.3 is 5.97 Å². The summed E-state index contributed by atoms with van der Waals surface area (Å²) < 4.78 is 11.5. The van der Waals surface area contributed by atoms with Gasteiger partial charge < -0.3 is 45.7 Å². The van der Waals surface area contributed by atoms with Crippen molar-refractivity contribution in [1.29, 1.82) is 0 Å². The fourth-order valence-corrected chi connectivity index (χ4v) is 8.42. The number of nitrogens with one attached hydrogen (secondary N) is 4. The Hall–Kier alpha value is -4.57. The van der Waals surface area contributed by atoms with Gasteiger partial charge in [0, 0.05) is 43.2 Å². The lowest BCUT2D eigenvalue weighted by Crippen LogP contribution is -2.43. The van der Waals surface area contributed by atoms with Crippen LogP contribution in [0.4, 0.5) is 0 Å². The highest BCUT2D eigenvalue weighted by atomic mass is 32.1. The number of hydrogen-bond acceptors (Lipinski definition) is 12. The van der Waals surface area contributed by atoms with E-state index in [1.807, 2.05) is 54.1 Å². The molecule has 1 aliphatic rings. The van der Waals surface area contributed by atoms with Crippen LogP contribution in [0, 0.1) is 0 Å². The average Bonchev–Trinajstić information content (AvgIpc) is 3.93. The number of carbonyl (C=O) groups excluding carboxylic acids is 2. The van der Waals surface area contributed by atoms with E-state index in [1.165, 1.54) is 34.8 Å². The number of hydrogen-bond donors (Lipinski definition) is 7. The van der Waals surface area contributed by atoms with Gasteiger partial charge in [0.1, 0.15) is 17.6 Å². The Morgan fingerprint density at radius 3 is 2.31 bits per heavy atom. The summed E-state index contributed by atoms with van der Waals surface area (Å²) in [6, 6.07) is 21.0. The summed E-state index contributed by atoms with van der Waals surface area (Å²) in [5, 5.41) is 46.4. The molecule has 1 fully saturated rings. The maximum Gasteiger partial charge on any atom is 0.349 e. The third-order valence-electron chi connectivity index (χ3n) is 9.64. The van der Waals surface area contributed by atoms with Gasteiger partial charge in [-0.25, -0.2) is 4.79 Å². The Kier molecular flexibility index (Phi) is 13.2. The third-order valence-corrected chi connectivity index (χ3v) is 11.6. The van der Waals surface area contributed by atoms with E-state index in [2.05, 4.69) is 20.9 Å². The number of ether oxygens (including phenoxy) is 2. The zero-order valence-corrected chi connectivity index (χ0v) is 31.6. The van der Waals surface area contributed by atoms with Crippen molar-refractivity contribution in [2.24, 2.45) is 0 Å². The number of rotatable bonds is 17. The van der Waals surface area contributed by atoms with Crippen LogP contribution < -0.4 is 26.2 Å². The van der Waals surface area contributed by atoms with Crippen molar-refractivity contribution in [2.45, 2.75) is 68.9 Å². The first-order chi connectivity index (χ1) is 26.1. The summed E-state index contributed by atoms with van der Waals surface area (Å²) in [5.74, 6) is -0.318. The number of fused-ring (bicyclic) bond motifs is 1. The lowest BCUT2D eigenvalue weighted by molar-refractivity contribution is -0.169. The number of thiophene rings is 2. The number of aromatic nitrogens is 1. The molecule has 0 bridgehead atoms. The van der Waals surface area contributed by atoms with E-state index in [1.54, 1.807) is 24.3 Å². The number of pyridine rings is 1. The molecule has 0 radical (unpaired) electrons. The van der Waals surface area contributed by atoms with E-state index in [4.69, 9.17) is 9.47 Å². The molecule has 54 heavy (non-hydrogen) atoms. The number of aliphatic hydroxyl groups is 2. The van der Waals surface area contributed by atoms with Gasteiger partial charge in [0.2, 0.25) is 11.2 Å². The van der Waals surface area contributed by atoms with Gasteiger partial charge in [-0.05, 0) is 97.3 Å². The van der Waals surface area contributed by atoms with Crippen LogP contribution in [0.15, 0.2) is 88.4 Å². The van der Waals surface area contributed by atoms with Gasteiger partial charge in [-0.3, -0.25) is 9.59 Å². The summed E-state index contributed by atoms with van der Waals surface area (Å²) in [7, 11) is 0. The number of benzene rings is 2. The van der Waals surface area contributed by atoms with Crippen LogP contribution in [0.1, 0.15) is 59.6 Å². The molecule has 7 N–H and O–H groups in total. The standard InChI is InChI=1S/C40H46N4O8S2/c1-25(43-23-33(46)30-14-16-32(45)38-31(30)15-17-36(47)44-38)22-26-6-10-28(11-7-26)51-24-37(48)42-19-18-41-27-8-12-29(13-9-27)52-39(49)40(50,34-4-2-20-53-34)35-5-3-21-54-35/h2-7,10-11,14-17,20-21,25,27,29,33,41,43,45-46,50H,8-9,12-13,18-19,22-24H2,1H3,(H,42,48)(H,44,47)/t25?,27?,29?,33-/m0/s1. The number of carbonyl (C=O) groups is 2. The van der Waals surface area contributed by atoms with Gasteiger partial charge in [-0.1, -0.05) is 30.3 Å². The normalized spacial score (nSPS) is 17.2. The topological polar surface area (TPSA) is 182 Å². The highest BCUT2D eigenvalue weighted by Crippen LogP contribution is 2.38. The van der Waals surface area contributed by atoms with Crippen molar-refractivity contribution in [3.8, 4) is 11.5 Å². The second kappa shape index (κ2) is 18.2. The molecule has 3 heterocycles. The van der Waals surface area contributed by atoms with Gasteiger partial charge in [-0.2, -0.15) is 0 Å². The summed E-state index contributed by atoms with van der Waals surface area (Å²) in [6.45, 7) is 3.25. The van der Waals surface area contributed by atoms with Crippen molar-refractivity contribution >= 4 is 45.5 Å². The number of aromatic hydroxyl groups is 1. The highest BCUT2D eigenvalue weighted by molar-refractivity contribution is 7.12. The number of phenols is 1. The zero-order valence-electron chi connectivity index (χ0n) is 30.0. The van der Waals surface area contributed by atoms with Crippen molar-refractivity contribution < 1.29 is 34.4 Å². The molecule has 0 saturated heterocycles. The van der Waals surface area contributed by atoms with Crippen molar-refractivity contribution in [1.82, 2.24) is 20.9 Å². The zero-order chi connectivity index (χ0) is 38.1. The maximum atomic E-state index is 13.3. The van der Waals surface area contributed by atoms with Gasteiger partial charge in [0.05, 0.1) is 21.4 Å². The van der Waals surface area contributed by atoms with Crippen molar-refractivity contribution in [2.75, 3.05) is 26.2 Å². The Balaban J connectivity index is 0.846. The molecule has 2 atom stereocenters. The molecule has 6 rings (SSSR count). The second-order valence-corrected chi connectivity index (χ2v) is 15.5. The number of aromatic amines is 1. The molecule has 3 aromatic heterocycles. The predicted octanol–water partition coefficient (Wildman–Crippen LogP) is 4.49. The molecule has 12 nitrogen and oxygen atoms in total. The van der Waals surface area contributed by atoms with Gasteiger partial charge in [0.25, 0.3) is 5.91 Å².